The predicted octanol–water partition coefficient (Wildman–Crippen LogP) is 3.33. The summed E-state index contributed by atoms with van der Waals surface area (Å²) in [6.45, 7) is 6.95. The summed E-state index contributed by atoms with van der Waals surface area (Å²) >= 11 is 1.45. The van der Waals surface area contributed by atoms with E-state index in [9.17, 15) is 4.79 Å². The average Bonchev–Trinajstić information content (AvgIpc) is 2.83. The molecule has 0 radical (unpaired) electrons. The fourth-order valence-electron chi connectivity index (χ4n) is 2.10. The molecule has 0 fully saturated rings. The number of carbonyl (C=O) groups is 1. The molecule has 2 rings (SSSR count). The Balaban J connectivity index is 1.79. The minimum absolute atomic E-state index is 0.0216. The number of nitrogens with one attached hydrogen (secondary N) is 2. The van der Waals surface area contributed by atoms with Crippen molar-refractivity contribution in [3.8, 4) is 0 Å². The lowest BCUT2D eigenvalue weighted by Gasteiger charge is -2.04. The van der Waals surface area contributed by atoms with Crippen LogP contribution in [0, 0.1) is 12.8 Å². The zero-order valence-electron chi connectivity index (χ0n) is 13.3. The van der Waals surface area contributed by atoms with Gasteiger partial charge in [0.15, 0.2) is 5.16 Å². The van der Waals surface area contributed by atoms with Crippen LogP contribution in [0.4, 0.5) is 0 Å². The summed E-state index contributed by atoms with van der Waals surface area (Å²) in [6.07, 6.45) is 0.961. The summed E-state index contributed by atoms with van der Waals surface area (Å²) in [4.78, 5) is 19.7. The third-order valence-corrected chi connectivity index (χ3v) is 4.11. The van der Waals surface area contributed by atoms with Crippen LogP contribution in [-0.2, 0) is 17.8 Å². The molecule has 1 aromatic carbocycles. The third kappa shape index (κ3) is 5.22. The Bertz CT molecular complexity index is 608. The van der Waals surface area contributed by atoms with Crippen molar-refractivity contribution in [2.75, 3.05) is 5.75 Å². The summed E-state index contributed by atoms with van der Waals surface area (Å²) in [5.74, 6) is 0.975. The molecule has 0 aliphatic carbocycles. The summed E-state index contributed by atoms with van der Waals surface area (Å²) in [5, 5.41) is 3.74. The second kappa shape index (κ2) is 8.03. The second-order valence-corrected chi connectivity index (χ2v) is 6.73. The summed E-state index contributed by atoms with van der Waals surface area (Å²) in [7, 11) is 0. The lowest BCUT2D eigenvalue weighted by atomic mass is 10.1. The van der Waals surface area contributed by atoms with Crippen molar-refractivity contribution in [2.24, 2.45) is 5.92 Å². The van der Waals surface area contributed by atoms with Crippen molar-refractivity contribution < 1.29 is 4.79 Å². The van der Waals surface area contributed by atoms with Gasteiger partial charge in [-0.1, -0.05) is 55.9 Å². The highest BCUT2D eigenvalue weighted by Gasteiger charge is 2.10. The number of aromatic amines is 1. The highest BCUT2D eigenvalue weighted by atomic mass is 32.2. The molecule has 0 saturated heterocycles. The smallest absolute Gasteiger partial charge is 0.230 e. The number of carbonyl (C=O) groups excluding carboxylic acids is 1. The summed E-state index contributed by atoms with van der Waals surface area (Å²) in [6, 6.07) is 9.91. The van der Waals surface area contributed by atoms with E-state index >= 15 is 0 Å². The fraction of sp³-hybridized carbons (Fsp3) is 0.412. The molecule has 0 aliphatic heterocycles. The molecule has 22 heavy (non-hydrogen) atoms. The normalized spacial score (nSPS) is 10.9. The van der Waals surface area contributed by atoms with Crippen LogP contribution in [0.5, 0.6) is 0 Å². The Morgan fingerprint density at radius 2 is 2.05 bits per heavy atom. The van der Waals surface area contributed by atoms with E-state index in [0.29, 0.717) is 18.2 Å². The molecule has 0 unspecified atom stereocenters. The number of thioether (sulfide) groups is 1. The Hall–Kier alpha value is -1.75. The Morgan fingerprint density at radius 1 is 1.32 bits per heavy atom. The number of hydrogen-bond acceptors (Lipinski definition) is 3. The average molecular weight is 317 g/mol. The van der Waals surface area contributed by atoms with Gasteiger partial charge in [0.1, 0.15) is 0 Å². The summed E-state index contributed by atoms with van der Waals surface area (Å²) < 4.78 is 0. The number of benzene rings is 1. The first-order chi connectivity index (χ1) is 10.5. The monoisotopic (exact) mass is 317 g/mol. The van der Waals surface area contributed by atoms with Crippen LogP contribution < -0.4 is 5.32 Å². The molecule has 5 heteroatoms. The number of aromatic nitrogens is 2. The van der Waals surface area contributed by atoms with Crippen LogP contribution in [-0.4, -0.2) is 21.6 Å². The van der Waals surface area contributed by atoms with E-state index in [1.807, 2.05) is 37.3 Å². The molecule has 0 bridgehead atoms. The van der Waals surface area contributed by atoms with Crippen molar-refractivity contribution >= 4 is 17.7 Å². The van der Waals surface area contributed by atoms with Crippen molar-refractivity contribution in [2.45, 2.75) is 38.9 Å². The molecule has 0 saturated carbocycles. The number of rotatable bonds is 7. The Kier molecular flexibility index (Phi) is 6.07. The first-order valence-corrected chi connectivity index (χ1v) is 8.52. The van der Waals surface area contributed by atoms with Gasteiger partial charge in [0.05, 0.1) is 11.4 Å². The highest BCUT2D eigenvalue weighted by molar-refractivity contribution is 7.99. The molecule has 2 aromatic rings. The number of amides is 1. The first-order valence-electron chi connectivity index (χ1n) is 7.53. The zero-order valence-corrected chi connectivity index (χ0v) is 14.2. The fourth-order valence-corrected chi connectivity index (χ4v) is 2.87. The standard InChI is InChI=1S/C17H23N3OS/c1-12(2)9-15-13(3)19-17(20-15)22-11-16(21)18-10-14-7-5-4-6-8-14/h4-8,12H,9-11H2,1-3H3,(H,18,21)(H,19,20). The van der Waals surface area contributed by atoms with Crippen LogP contribution in [0.2, 0.25) is 0 Å². The maximum absolute atomic E-state index is 11.9. The van der Waals surface area contributed by atoms with E-state index in [2.05, 4.69) is 29.1 Å². The van der Waals surface area contributed by atoms with Gasteiger partial charge in [-0.05, 0) is 24.8 Å². The molecule has 118 valence electrons. The largest absolute Gasteiger partial charge is 0.351 e. The van der Waals surface area contributed by atoms with E-state index in [4.69, 9.17) is 0 Å². The van der Waals surface area contributed by atoms with Crippen molar-refractivity contribution in [1.29, 1.82) is 0 Å². The highest BCUT2D eigenvalue weighted by Crippen LogP contribution is 2.18. The van der Waals surface area contributed by atoms with Crippen molar-refractivity contribution in [3.63, 3.8) is 0 Å². The summed E-state index contributed by atoms with van der Waals surface area (Å²) in [5.41, 5.74) is 3.30. The van der Waals surface area contributed by atoms with Crippen LogP contribution >= 0.6 is 11.8 Å². The van der Waals surface area contributed by atoms with Gasteiger partial charge in [-0.15, -0.1) is 0 Å². The van der Waals surface area contributed by atoms with Gasteiger partial charge in [-0.2, -0.15) is 0 Å². The molecular formula is C17H23N3OS. The second-order valence-electron chi connectivity index (χ2n) is 5.76. The topological polar surface area (TPSA) is 57.8 Å². The minimum Gasteiger partial charge on any atom is -0.351 e. The van der Waals surface area contributed by atoms with E-state index in [-0.39, 0.29) is 5.91 Å². The molecular weight excluding hydrogens is 294 g/mol. The molecule has 0 spiro atoms. The van der Waals surface area contributed by atoms with Crippen LogP contribution in [0.1, 0.15) is 30.8 Å². The minimum atomic E-state index is 0.0216. The van der Waals surface area contributed by atoms with Crippen molar-refractivity contribution in [3.05, 3.63) is 47.3 Å². The number of aryl methyl sites for hydroxylation is 1. The van der Waals surface area contributed by atoms with Gasteiger partial charge in [-0.3, -0.25) is 4.79 Å². The van der Waals surface area contributed by atoms with Gasteiger partial charge in [-0.25, -0.2) is 4.98 Å². The maximum Gasteiger partial charge on any atom is 0.230 e. The number of nitrogens with zero attached hydrogens (tertiary/aromatic N) is 1. The molecule has 1 aromatic heterocycles. The van der Waals surface area contributed by atoms with E-state index < -0.39 is 0 Å². The molecule has 0 aliphatic rings. The number of H-pyrrole nitrogens is 1. The molecule has 1 heterocycles. The molecule has 0 atom stereocenters. The quantitative estimate of drug-likeness (QED) is 0.770. The van der Waals surface area contributed by atoms with Crippen molar-refractivity contribution in [1.82, 2.24) is 15.3 Å². The Labute approximate surface area is 136 Å². The molecule has 1 amide bonds. The van der Waals surface area contributed by atoms with Crippen LogP contribution in [0.25, 0.3) is 0 Å². The lowest BCUT2D eigenvalue weighted by molar-refractivity contribution is -0.118. The zero-order chi connectivity index (χ0) is 15.9. The van der Waals surface area contributed by atoms with Gasteiger partial charge in [0.2, 0.25) is 5.91 Å². The number of imidazole rings is 1. The van der Waals surface area contributed by atoms with E-state index in [1.54, 1.807) is 0 Å². The van der Waals surface area contributed by atoms with Crippen LogP contribution in [0.3, 0.4) is 0 Å². The Morgan fingerprint density at radius 3 is 2.73 bits per heavy atom. The van der Waals surface area contributed by atoms with E-state index in [0.717, 1.165) is 28.5 Å². The van der Waals surface area contributed by atoms with E-state index in [1.165, 1.54) is 11.8 Å². The predicted molar refractivity (Wildman–Crippen MR) is 90.9 cm³/mol. The van der Waals surface area contributed by atoms with Gasteiger partial charge in [0, 0.05) is 12.2 Å². The SMILES string of the molecule is Cc1[nH]c(SCC(=O)NCc2ccccc2)nc1CC(C)C. The number of hydrogen-bond donors (Lipinski definition) is 2. The first kappa shape index (κ1) is 16.6. The third-order valence-electron chi connectivity index (χ3n) is 3.24. The molecule has 2 N–H and O–H groups in total. The lowest BCUT2D eigenvalue weighted by Crippen LogP contribution is -2.24. The maximum atomic E-state index is 11.9. The van der Waals surface area contributed by atoms with Crippen LogP contribution in [0.15, 0.2) is 35.5 Å². The van der Waals surface area contributed by atoms with Gasteiger partial charge >= 0.3 is 0 Å². The van der Waals surface area contributed by atoms with Gasteiger partial charge < -0.3 is 10.3 Å². The van der Waals surface area contributed by atoms with Gasteiger partial charge in [0.25, 0.3) is 0 Å². The molecule has 4 nitrogen and oxygen atoms in total.